The van der Waals surface area contributed by atoms with Crippen LogP contribution in [0.15, 0.2) is 0 Å². The van der Waals surface area contributed by atoms with Gasteiger partial charge < -0.3 is 14.7 Å². The Kier molecular flexibility index (Phi) is 4.37. The number of hydrogen-bond donors (Lipinski definition) is 1. The smallest absolute Gasteiger partial charge is 0.329 e. The highest BCUT2D eigenvalue weighted by Crippen LogP contribution is 2.65. The van der Waals surface area contributed by atoms with E-state index in [2.05, 4.69) is 13.8 Å². The highest BCUT2D eigenvalue weighted by molar-refractivity contribution is 5.77. The van der Waals surface area contributed by atoms with Gasteiger partial charge in [-0.25, -0.2) is 4.79 Å². The second kappa shape index (κ2) is 6.22. The first-order chi connectivity index (χ1) is 12.3. The zero-order valence-corrected chi connectivity index (χ0v) is 16.4. The van der Waals surface area contributed by atoms with E-state index in [4.69, 9.17) is 9.84 Å². The summed E-state index contributed by atoms with van der Waals surface area (Å²) in [4.78, 5) is 25.2. The number of carbonyl (C=O) groups is 2. The summed E-state index contributed by atoms with van der Waals surface area (Å²) in [5.74, 6) is 1.48. The molecule has 1 saturated heterocycles. The van der Waals surface area contributed by atoms with Gasteiger partial charge in [0.05, 0.1) is 6.10 Å². The van der Waals surface area contributed by atoms with E-state index in [1.54, 1.807) is 0 Å². The van der Waals surface area contributed by atoms with Crippen LogP contribution in [-0.4, -0.2) is 47.7 Å². The molecular weight excluding hydrogens is 330 g/mol. The summed E-state index contributed by atoms with van der Waals surface area (Å²) < 4.78 is 5.83. The van der Waals surface area contributed by atoms with Gasteiger partial charge in [0.15, 0.2) is 0 Å². The number of carboxylic acid groups (broad SMARTS) is 1. The molecule has 26 heavy (non-hydrogen) atoms. The van der Waals surface area contributed by atoms with Crippen molar-refractivity contribution < 1.29 is 19.4 Å². The van der Waals surface area contributed by atoms with Crippen LogP contribution in [0.1, 0.15) is 65.2 Å². The summed E-state index contributed by atoms with van der Waals surface area (Å²) in [6, 6.07) is 0.398. The molecule has 1 aliphatic heterocycles. The van der Waals surface area contributed by atoms with Gasteiger partial charge >= 0.3 is 5.97 Å². The average Bonchev–Trinajstić information content (AvgIpc) is 2.93. The van der Waals surface area contributed by atoms with Crippen LogP contribution in [0.5, 0.6) is 0 Å². The number of aliphatic carboxylic acids is 1. The molecule has 3 aliphatic carbocycles. The van der Waals surface area contributed by atoms with Crippen LogP contribution in [0.3, 0.4) is 0 Å². The van der Waals surface area contributed by atoms with E-state index in [0.717, 1.165) is 32.1 Å². The Balaban J connectivity index is 1.55. The van der Waals surface area contributed by atoms with Gasteiger partial charge in [0.1, 0.15) is 6.61 Å². The second-order valence-electron chi connectivity index (χ2n) is 9.80. The lowest BCUT2D eigenvalue weighted by Gasteiger charge is -2.61. The number of carbonyl (C=O) groups excluding carboxylic acids is 1. The zero-order chi connectivity index (χ0) is 18.7. The number of fused-ring (bicyclic) bond motifs is 5. The van der Waals surface area contributed by atoms with Gasteiger partial charge in [0.2, 0.25) is 5.91 Å². The van der Waals surface area contributed by atoms with E-state index in [1.807, 2.05) is 11.9 Å². The van der Waals surface area contributed by atoms with Gasteiger partial charge in [-0.05, 0) is 73.5 Å². The number of rotatable bonds is 3. The van der Waals surface area contributed by atoms with E-state index in [0.29, 0.717) is 36.1 Å². The second-order valence-corrected chi connectivity index (χ2v) is 9.80. The number of ether oxygens (including phenoxy) is 1. The predicted octanol–water partition coefficient (Wildman–Crippen LogP) is 3.32. The first kappa shape index (κ1) is 18.3. The van der Waals surface area contributed by atoms with Crippen LogP contribution >= 0.6 is 0 Å². The first-order valence-electron chi connectivity index (χ1n) is 10.4. The molecule has 0 bridgehead atoms. The van der Waals surface area contributed by atoms with Crippen molar-refractivity contribution in [2.45, 2.75) is 77.4 Å². The van der Waals surface area contributed by atoms with Crippen LogP contribution in [0, 0.1) is 28.6 Å². The highest BCUT2D eigenvalue weighted by Gasteiger charge is 2.61. The molecule has 1 heterocycles. The number of nitrogens with zero attached hydrogens (tertiary/aromatic N) is 1. The van der Waals surface area contributed by atoms with Crippen molar-refractivity contribution in [1.82, 2.24) is 4.90 Å². The minimum Gasteiger partial charge on any atom is -0.480 e. The van der Waals surface area contributed by atoms with Crippen LogP contribution in [0.25, 0.3) is 0 Å². The topological polar surface area (TPSA) is 66.8 Å². The summed E-state index contributed by atoms with van der Waals surface area (Å²) in [7, 11) is 2.00. The van der Waals surface area contributed by atoms with E-state index in [1.165, 1.54) is 12.8 Å². The fourth-order valence-corrected chi connectivity index (χ4v) is 7.55. The minimum atomic E-state index is -0.867. The fraction of sp³-hybridized carbons (Fsp3) is 0.905. The first-order valence-corrected chi connectivity index (χ1v) is 10.4. The maximum absolute atomic E-state index is 12.2. The average molecular weight is 363 g/mol. The number of hydrogen-bond acceptors (Lipinski definition) is 3. The van der Waals surface area contributed by atoms with Gasteiger partial charge in [-0.2, -0.15) is 0 Å². The molecule has 4 rings (SSSR count). The number of likely N-dealkylation sites (tertiary alicyclic amines) is 1. The summed E-state index contributed by atoms with van der Waals surface area (Å²) in [5.41, 5.74) is 0.364. The lowest BCUT2D eigenvalue weighted by atomic mass is 9.47. The Morgan fingerprint density at radius 2 is 1.85 bits per heavy atom. The molecule has 0 spiro atoms. The van der Waals surface area contributed by atoms with Crippen molar-refractivity contribution in [3.05, 3.63) is 0 Å². The molecule has 4 unspecified atom stereocenters. The molecule has 0 aromatic carbocycles. The summed E-state index contributed by atoms with van der Waals surface area (Å²) in [6.45, 7) is 4.61. The van der Waals surface area contributed by atoms with Crippen molar-refractivity contribution in [3.63, 3.8) is 0 Å². The zero-order valence-electron chi connectivity index (χ0n) is 16.4. The Morgan fingerprint density at radius 3 is 2.58 bits per heavy atom. The van der Waals surface area contributed by atoms with Gasteiger partial charge in [0.25, 0.3) is 0 Å². The summed E-state index contributed by atoms with van der Waals surface area (Å²) in [6.07, 6.45) is 8.62. The Morgan fingerprint density at radius 1 is 1.12 bits per heavy atom. The molecule has 4 fully saturated rings. The van der Waals surface area contributed by atoms with E-state index in [9.17, 15) is 9.59 Å². The number of carboxylic acids is 1. The van der Waals surface area contributed by atoms with Crippen molar-refractivity contribution in [1.29, 1.82) is 0 Å². The molecule has 1 N–H and O–H groups in total. The van der Waals surface area contributed by atoms with E-state index in [-0.39, 0.29) is 23.5 Å². The quantitative estimate of drug-likeness (QED) is 0.835. The normalized spacial score (nSPS) is 47.9. The maximum Gasteiger partial charge on any atom is 0.329 e. The number of amides is 1. The monoisotopic (exact) mass is 363 g/mol. The Bertz CT molecular complexity index is 607. The standard InChI is InChI=1S/C21H33NO4/c1-20-11-9-18(23)22(3)16(20)6-4-13-14-5-7-17(26-12-19(24)25)21(14,2)10-8-15(13)20/h13-17H,4-12H2,1-3H3,(H,24,25)/t13?,14?,15?,16?,17-,20+,21-/m0/s1. The number of piperidine rings is 1. The van der Waals surface area contributed by atoms with Crippen molar-refractivity contribution >= 4 is 11.9 Å². The van der Waals surface area contributed by atoms with Crippen molar-refractivity contribution in [2.75, 3.05) is 13.7 Å². The largest absolute Gasteiger partial charge is 0.480 e. The maximum atomic E-state index is 12.2. The van der Waals surface area contributed by atoms with Crippen LogP contribution in [0.4, 0.5) is 0 Å². The molecule has 5 nitrogen and oxygen atoms in total. The molecule has 7 atom stereocenters. The van der Waals surface area contributed by atoms with Crippen molar-refractivity contribution in [3.8, 4) is 0 Å². The van der Waals surface area contributed by atoms with Crippen molar-refractivity contribution in [2.24, 2.45) is 28.6 Å². The van der Waals surface area contributed by atoms with Gasteiger partial charge in [0, 0.05) is 19.5 Å². The third kappa shape index (κ3) is 2.53. The lowest BCUT2D eigenvalue weighted by Crippen LogP contribution is -2.61. The van der Waals surface area contributed by atoms with E-state index >= 15 is 0 Å². The SMILES string of the molecule is CN1C(=O)CC[C@]2(C)C3CC[C@@]4(C)C(CC[C@@H]4OCC(=O)O)C3CCC12. The molecule has 3 saturated carbocycles. The minimum absolute atomic E-state index is 0.0886. The van der Waals surface area contributed by atoms with Crippen LogP contribution < -0.4 is 0 Å². The summed E-state index contributed by atoms with van der Waals surface area (Å²) in [5, 5.41) is 8.99. The van der Waals surface area contributed by atoms with Gasteiger partial charge in [-0.1, -0.05) is 13.8 Å². The fourth-order valence-electron chi connectivity index (χ4n) is 7.55. The molecule has 146 valence electrons. The third-order valence-corrected chi connectivity index (χ3v) is 8.88. The van der Waals surface area contributed by atoms with Gasteiger partial charge in [-0.15, -0.1) is 0 Å². The predicted molar refractivity (Wildman–Crippen MR) is 97.6 cm³/mol. The molecule has 0 aromatic heterocycles. The molecule has 4 aliphatic rings. The molecular formula is C21H33NO4. The van der Waals surface area contributed by atoms with Crippen LogP contribution in [0.2, 0.25) is 0 Å². The molecule has 0 aromatic rings. The van der Waals surface area contributed by atoms with Crippen LogP contribution in [-0.2, 0) is 14.3 Å². The Labute approximate surface area is 156 Å². The van der Waals surface area contributed by atoms with Gasteiger partial charge in [-0.3, -0.25) is 4.79 Å². The molecule has 1 amide bonds. The summed E-state index contributed by atoms with van der Waals surface area (Å²) >= 11 is 0. The Hall–Kier alpha value is -1.10. The third-order valence-electron chi connectivity index (χ3n) is 8.88. The highest BCUT2D eigenvalue weighted by atomic mass is 16.5. The molecule has 0 radical (unpaired) electrons. The lowest BCUT2D eigenvalue weighted by molar-refractivity contribution is -0.165. The molecule has 5 heteroatoms. The van der Waals surface area contributed by atoms with E-state index < -0.39 is 5.97 Å².